The fourth-order valence-electron chi connectivity index (χ4n) is 1.72. The summed E-state index contributed by atoms with van der Waals surface area (Å²) in [7, 11) is 1.65. The first kappa shape index (κ1) is 13.5. The summed E-state index contributed by atoms with van der Waals surface area (Å²) >= 11 is 0. The predicted molar refractivity (Wildman–Crippen MR) is 71.9 cm³/mol. The zero-order valence-corrected chi connectivity index (χ0v) is 11.5. The number of nitrogens with two attached hydrogens (primary N) is 1. The fourth-order valence-corrected chi connectivity index (χ4v) is 1.72. The Labute approximate surface area is 112 Å². The van der Waals surface area contributed by atoms with Crippen molar-refractivity contribution in [2.45, 2.75) is 26.3 Å². The molecule has 1 aromatic heterocycles. The van der Waals surface area contributed by atoms with Crippen LogP contribution >= 0.6 is 0 Å². The first-order chi connectivity index (χ1) is 9.10. The molecule has 1 atom stereocenters. The van der Waals surface area contributed by atoms with Gasteiger partial charge >= 0.3 is 0 Å². The summed E-state index contributed by atoms with van der Waals surface area (Å²) in [5.41, 5.74) is 7.05. The average Bonchev–Trinajstić information content (AvgIpc) is 2.86. The Hall–Kier alpha value is -1.88. The Kier molecular flexibility index (Phi) is 4.16. The van der Waals surface area contributed by atoms with Crippen LogP contribution in [0.25, 0.3) is 0 Å². The lowest BCUT2D eigenvalue weighted by Crippen LogP contribution is -2.17. The van der Waals surface area contributed by atoms with Crippen molar-refractivity contribution >= 4 is 0 Å². The second kappa shape index (κ2) is 5.84. The summed E-state index contributed by atoms with van der Waals surface area (Å²) in [5, 5.41) is 3.96. The molecule has 0 aliphatic rings. The van der Waals surface area contributed by atoms with Gasteiger partial charge in [-0.15, -0.1) is 0 Å². The molecule has 0 spiro atoms. The Morgan fingerprint density at radius 1 is 1.37 bits per heavy atom. The lowest BCUT2D eigenvalue weighted by Gasteiger charge is -2.09. The SMILES string of the molecule is COc1cccc(Cc2noc([C@H](N)C(C)C)n2)c1. The van der Waals surface area contributed by atoms with Gasteiger partial charge in [0.2, 0.25) is 5.89 Å². The molecule has 0 bridgehead atoms. The van der Waals surface area contributed by atoms with Gasteiger partial charge in [-0.25, -0.2) is 0 Å². The summed E-state index contributed by atoms with van der Waals surface area (Å²) in [4.78, 5) is 4.34. The Balaban J connectivity index is 2.11. The maximum absolute atomic E-state index is 5.97. The van der Waals surface area contributed by atoms with Crippen LogP contribution in [0.4, 0.5) is 0 Å². The van der Waals surface area contributed by atoms with Crippen LogP contribution in [-0.2, 0) is 6.42 Å². The standard InChI is InChI=1S/C14H19N3O2/c1-9(2)13(15)14-16-12(17-19-14)8-10-5-4-6-11(7-10)18-3/h4-7,9,13H,8,15H2,1-3H3/t13-/m1/s1. The third-order valence-electron chi connectivity index (χ3n) is 2.98. The summed E-state index contributed by atoms with van der Waals surface area (Å²) in [5.74, 6) is 2.22. The minimum Gasteiger partial charge on any atom is -0.497 e. The molecule has 19 heavy (non-hydrogen) atoms. The highest BCUT2D eigenvalue weighted by Gasteiger charge is 2.18. The maximum atomic E-state index is 5.97. The largest absolute Gasteiger partial charge is 0.497 e. The minimum absolute atomic E-state index is 0.216. The Bertz CT molecular complexity index is 537. The molecule has 5 heteroatoms. The number of rotatable bonds is 5. The van der Waals surface area contributed by atoms with Crippen LogP contribution in [0.2, 0.25) is 0 Å². The topological polar surface area (TPSA) is 74.2 Å². The molecule has 2 rings (SSSR count). The molecule has 0 aliphatic carbocycles. The van der Waals surface area contributed by atoms with Crippen LogP contribution in [0.1, 0.15) is 37.2 Å². The van der Waals surface area contributed by atoms with E-state index in [1.165, 1.54) is 0 Å². The highest BCUT2D eigenvalue weighted by molar-refractivity contribution is 5.30. The third kappa shape index (κ3) is 3.32. The highest BCUT2D eigenvalue weighted by atomic mass is 16.5. The Morgan fingerprint density at radius 2 is 2.16 bits per heavy atom. The third-order valence-corrected chi connectivity index (χ3v) is 2.98. The molecule has 5 nitrogen and oxygen atoms in total. The predicted octanol–water partition coefficient (Wildman–Crippen LogP) is 2.32. The van der Waals surface area contributed by atoms with E-state index in [-0.39, 0.29) is 12.0 Å². The second-order valence-electron chi connectivity index (χ2n) is 4.85. The summed E-state index contributed by atoms with van der Waals surface area (Å²) in [6.45, 7) is 4.05. The monoisotopic (exact) mass is 261 g/mol. The number of hydrogen-bond acceptors (Lipinski definition) is 5. The molecule has 0 amide bonds. The van der Waals surface area contributed by atoms with Crippen LogP contribution in [0.5, 0.6) is 5.75 Å². The van der Waals surface area contributed by atoms with Crippen molar-refractivity contribution in [1.82, 2.24) is 10.1 Å². The molecular formula is C14H19N3O2. The highest BCUT2D eigenvalue weighted by Crippen LogP contribution is 2.19. The smallest absolute Gasteiger partial charge is 0.243 e. The molecule has 0 aliphatic heterocycles. The van der Waals surface area contributed by atoms with Crippen molar-refractivity contribution in [3.63, 3.8) is 0 Å². The van der Waals surface area contributed by atoms with E-state index >= 15 is 0 Å². The van der Waals surface area contributed by atoms with Crippen molar-refractivity contribution in [3.05, 3.63) is 41.5 Å². The van der Waals surface area contributed by atoms with Crippen LogP contribution < -0.4 is 10.5 Å². The van der Waals surface area contributed by atoms with Gasteiger partial charge in [-0.05, 0) is 23.6 Å². The van der Waals surface area contributed by atoms with Gasteiger partial charge in [0.25, 0.3) is 0 Å². The van der Waals surface area contributed by atoms with Gasteiger partial charge in [0.15, 0.2) is 5.82 Å². The zero-order valence-electron chi connectivity index (χ0n) is 11.5. The van der Waals surface area contributed by atoms with Gasteiger partial charge in [-0.1, -0.05) is 31.1 Å². The summed E-state index contributed by atoms with van der Waals surface area (Å²) < 4.78 is 10.4. The van der Waals surface area contributed by atoms with Crippen LogP contribution in [0, 0.1) is 5.92 Å². The number of benzene rings is 1. The normalized spacial score (nSPS) is 12.7. The van der Waals surface area contributed by atoms with Gasteiger partial charge in [0.05, 0.1) is 13.2 Å². The van der Waals surface area contributed by atoms with E-state index in [1.54, 1.807) is 7.11 Å². The number of methoxy groups -OCH3 is 1. The van der Waals surface area contributed by atoms with Gasteiger partial charge in [-0.2, -0.15) is 4.98 Å². The summed E-state index contributed by atoms with van der Waals surface area (Å²) in [6.07, 6.45) is 0.603. The van der Waals surface area contributed by atoms with Gasteiger partial charge < -0.3 is 15.0 Å². The lowest BCUT2D eigenvalue weighted by molar-refractivity contribution is 0.322. The quantitative estimate of drug-likeness (QED) is 0.894. The maximum Gasteiger partial charge on any atom is 0.243 e. The van der Waals surface area contributed by atoms with Crippen molar-refractivity contribution in [1.29, 1.82) is 0 Å². The van der Waals surface area contributed by atoms with E-state index in [0.29, 0.717) is 18.1 Å². The van der Waals surface area contributed by atoms with Crippen molar-refractivity contribution in [3.8, 4) is 5.75 Å². The molecule has 0 saturated heterocycles. The second-order valence-corrected chi connectivity index (χ2v) is 4.85. The molecule has 1 heterocycles. The molecule has 0 unspecified atom stereocenters. The van der Waals surface area contributed by atoms with Crippen LogP contribution in [0.3, 0.4) is 0 Å². The van der Waals surface area contributed by atoms with Crippen LogP contribution in [0.15, 0.2) is 28.8 Å². The fraction of sp³-hybridized carbons (Fsp3) is 0.429. The van der Waals surface area contributed by atoms with Crippen molar-refractivity contribution in [2.24, 2.45) is 11.7 Å². The molecular weight excluding hydrogens is 242 g/mol. The molecule has 2 N–H and O–H groups in total. The number of ether oxygens (including phenoxy) is 1. The van der Waals surface area contributed by atoms with E-state index in [0.717, 1.165) is 11.3 Å². The van der Waals surface area contributed by atoms with E-state index in [2.05, 4.69) is 10.1 Å². The first-order valence-electron chi connectivity index (χ1n) is 6.31. The molecule has 0 fully saturated rings. The average molecular weight is 261 g/mol. The number of nitrogens with zero attached hydrogens (tertiary/aromatic N) is 2. The number of aromatic nitrogens is 2. The molecule has 0 radical (unpaired) electrons. The number of hydrogen-bond donors (Lipinski definition) is 1. The molecule has 0 saturated carbocycles. The molecule has 2 aromatic rings. The van der Waals surface area contributed by atoms with E-state index in [4.69, 9.17) is 15.0 Å². The Morgan fingerprint density at radius 3 is 2.84 bits per heavy atom. The van der Waals surface area contributed by atoms with Gasteiger partial charge in [0, 0.05) is 6.42 Å². The van der Waals surface area contributed by atoms with E-state index in [1.807, 2.05) is 38.1 Å². The first-order valence-corrected chi connectivity index (χ1v) is 6.31. The summed E-state index contributed by atoms with van der Waals surface area (Å²) in [6, 6.07) is 7.58. The molecule has 102 valence electrons. The van der Waals surface area contributed by atoms with Gasteiger partial charge in [0.1, 0.15) is 5.75 Å². The zero-order chi connectivity index (χ0) is 13.8. The van der Waals surface area contributed by atoms with E-state index < -0.39 is 0 Å². The van der Waals surface area contributed by atoms with Crippen molar-refractivity contribution in [2.75, 3.05) is 7.11 Å². The lowest BCUT2D eigenvalue weighted by atomic mass is 10.1. The van der Waals surface area contributed by atoms with Crippen LogP contribution in [-0.4, -0.2) is 17.3 Å². The van der Waals surface area contributed by atoms with Gasteiger partial charge in [-0.3, -0.25) is 0 Å². The van der Waals surface area contributed by atoms with E-state index in [9.17, 15) is 0 Å². The van der Waals surface area contributed by atoms with Crippen molar-refractivity contribution < 1.29 is 9.26 Å². The minimum atomic E-state index is -0.216. The molecule has 1 aromatic carbocycles.